The SMILES string of the molecule is F[B-](F)(F)/C=C/COC1CCCCO1.[K+]. The fourth-order valence-corrected chi connectivity index (χ4v) is 1.22. The Bertz CT molecular complexity index is 193. The molecule has 1 rings (SSSR count). The molecule has 1 fully saturated rings. The van der Waals surface area contributed by atoms with E-state index in [-0.39, 0.29) is 70.3 Å². The molecule has 0 saturated carbocycles. The molecule has 0 radical (unpaired) electrons. The normalized spacial score (nSPS) is 22.7. The summed E-state index contributed by atoms with van der Waals surface area (Å²) in [6.07, 6.45) is 3.44. The van der Waals surface area contributed by atoms with Gasteiger partial charge in [0.25, 0.3) is 0 Å². The van der Waals surface area contributed by atoms with Crippen molar-refractivity contribution in [3.8, 4) is 0 Å². The Labute approximate surface area is 130 Å². The molecular formula is C8H13BF3KO2. The van der Waals surface area contributed by atoms with Crippen molar-refractivity contribution in [3.05, 3.63) is 12.1 Å². The van der Waals surface area contributed by atoms with Gasteiger partial charge in [0.05, 0.1) is 6.61 Å². The summed E-state index contributed by atoms with van der Waals surface area (Å²) in [5.41, 5.74) is 0. The first kappa shape index (κ1) is 16.2. The number of halogens is 3. The summed E-state index contributed by atoms with van der Waals surface area (Å²) < 4.78 is 45.4. The second-order valence-corrected chi connectivity index (χ2v) is 3.18. The molecule has 7 heteroatoms. The summed E-state index contributed by atoms with van der Waals surface area (Å²) >= 11 is 0. The van der Waals surface area contributed by atoms with Gasteiger partial charge in [-0.25, -0.2) is 0 Å². The monoisotopic (exact) mass is 248 g/mol. The zero-order valence-corrected chi connectivity index (χ0v) is 11.9. The fraction of sp³-hybridized carbons (Fsp3) is 0.750. The van der Waals surface area contributed by atoms with E-state index in [0.29, 0.717) is 6.61 Å². The summed E-state index contributed by atoms with van der Waals surface area (Å²) in [6, 6.07) is 0. The molecule has 0 aliphatic carbocycles. The van der Waals surface area contributed by atoms with Gasteiger partial charge >= 0.3 is 58.4 Å². The van der Waals surface area contributed by atoms with Crippen LogP contribution >= 0.6 is 0 Å². The predicted octanol–water partition coefficient (Wildman–Crippen LogP) is -0.524. The first-order valence-corrected chi connectivity index (χ1v) is 4.69. The average Bonchev–Trinajstić information content (AvgIpc) is 2.13. The Morgan fingerprint density at radius 1 is 1.33 bits per heavy atom. The molecule has 1 unspecified atom stereocenters. The van der Waals surface area contributed by atoms with Gasteiger partial charge in [0.1, 0.15) is 0 Å². The molecule has 0 aromatic heterocycles. The molecule has 0 spiro atoms. The van der Waals surface area contributed by atoms with Crippen LogP contribution in [0.4, 0.5) is 12.9 Å². The van der Waals surface area contributed by atoms with Crippen molar-refractivity contribution in [2.45, 2.75) is 25.6 Å². The van der Waals surface area contributed by atoms with Gasteiger partial charge in [-0.1, -0.05) is 6.08 Å². The van der Waals surface area contributed by atoms with E-state index in [2.05, 4.69) is 0 Å². The zero-order chi connectivity index (χ0) is 10.4. The largest absolute Gasteiger partial charge is 1.00 e. The maximum absolute atomic E-state index is 11.7. The summed E-state index contributed by atoms with van der Waals surface area (Å²) in [4.78, 5) is 0. The van der Waals surface area contributed by atoms with Gasteiger partial charge in [-0.3, -0.25) is 0 Å². The molecular weight excluding hydrogens is 235 g/mol. The van der Waals surface area contributed by atoms with E-state index < -0.39 is 6.98 Å². The molecule has 0 amide bonds. The number of hydrogen-bond acceptors (Lipinski definition) is 2. The van der Waals surface area contributed by atoms with Crippen LogP contribution in [0.2, 0.25) is 0 Å². The van der Waals surface area contributed by atoms with E-state index in [4.69, 9.17) is 9.47 Å². The number of rotatable bonds is 4. The second kappa shape index (κ2) is 8.27. The average molecular weight is 248 g/mol. The molecule has 0 aromatic rings. The molecule has 2 nitrogen and oxygen atoms in total. The minimum Gasteiger partial charge on any atom is -0.445 e. The van der Waals surface area contributed by atoms with E-state index in [1.807, 2.05) is 0 Å². The van der Waals surface area contributed by atoms with E-state index in [9.17, 15) is 12.9 Å². The third-order valence-corrected chi connectivity index (χ3v) is 1.87. The van der Waals surface area contributed by atoms with Gasteiger partial charge in [0.2, 0.25) is 0 Å². The van der Waals surface area contributed by atoms with Crippen LogP contribution in [-0.2, 0) is 9.47 Å². The van der Waals surface area contributed by atoms with Crippen molar-refractivity contribution in [1.29, 1.82) is 0 Å². The smallest absolute Gasteiger partial charge is 0.445 e. The molecule has 1 aliphatic heterocycles. The Morgan fingerprint density at radius 2 is 2.07 bits per heavy atom. The maximum Gasteiger partial charge on any atom is 1.00 e. The minimum absolute atomic E-state index is 0. The molecule has 15 heavy (non-hydrogen) atoms. The molecule has 1 aliphatic rings. The standard InChI is InChI=1S/C8H13BF3O2.K/c10-9(11,12)5-3-7-14-8-4-1-2-6-13-8;/h3,5,8H,1-2,4,6-7H2;/q-1;+1/b5-3+;. The van der Waals surface area contributed by atoms with Crippen LogP contribution in [-0.4, -0.2) is 26.5 Å². The second-order valence-electron chi connectivity index (χ2n) is 3.18. The van der Waals surface area contributed by atoms with E-state index in [1.54, 1.807) is 0 Å². The summed E-state index contributed by atoms with van der Waals surface area (Å²) in [6.45, 7) is -4.23. The van der Waals surface area contributed by atoms with Crippen LogP contribution in [0.3, 0.4) is 0 Å². The molecule has 1 heterocycles. The van der Waals surface area contributed by atoms with E-state index >= 15 is 0 Å². The van der Waals surface area contributed by atoms with Crippen LogP contribution in [0.25, 0.3) is 0 Å². The first-order valence-electron chi connectivity index (χ1n) is 4.69. The van der Waals surface area contributed by atoms with Crippen molar-refractivity contribution < 1.29 is 73.8 Å². The van der Waals surface area contributed by atoms with Gasteiger partial charge in [0.15, 0.2) is 6.29 Å². The van der Waals surface area contributed by atoms with Gasteiger partial charge in [-0.15, -0.1) is 5.98 Å². The predicted molar refractivity (Wildman–Crippen MR) is 47.8 cm³/mol. The van der Waals surface area contributed by atoms with Crippen molar-refractivity contribution in [2.75, 3.05) is 13.2 Å². The minimum atomic E-state index is -4.83. The molecule has 0 aromatic carbocycles. The van der Waals surface area contributed by atoms with Crippen molar-refractivity contribution in [2.24, 2.45) is 0 Å². The van der Waals surface area contributed by atoms with Crippen molar-refractivity contribution in [3.63, 3.8) is 0 Å². The third kappa shape index (κ3) is 8.91. The third-order valence-electron chi connectivity index (χ3n) is 1.87. The van der Waals surface area contributed by atoms with Crippen LogP contribution in [0.15, 0.2) is 12.1 Å². The van der Waals surface area contributed by atoms with Crippen molar-refractivity contribution >= 4 is 6.98 Å². The summed E-state index contributed by atoms with van der Waals surface area (Å²) in [7, 11) is 0. The molecule has 1 saturated heterocycles. The zero-order valence-electron chi connectivity index (χ0n) is 8.80. The van der Waals surface area contributed by atoms with Crippen LogP contribution in [0.1, 0.15) is 19.3 Å². The van der Waals surface area contributed by atoms with Gasteiger partial charge in [-0.2, -0.15) is 0 Å². The number of ether oxygens (including phenoxy) is 2. The first-order chi connectivity index (χ1) is 6.58. The van der Waals surface area contributed by atoms with Crippen LogP contribution < -0.4 is 51.4 Å². The Balaban J connectivity index is 0.00000196. The molecule has 82 valence electrons. The Hall–Kier alpha value is 1.15. The van der Waals surface area contributed by atoms with Gasteiger partial charge < -0.3 is 22.4 Å². The van der Waals surface area contributed by atoms with Gasteiger partial charge in [0, 0.05) is 6.61 Å². The summed E-state index contributed by atoms with van der Waals surface area (Å²) in [5, 5.41) is 0. The maximum atomic E-state index is 11.7. The fourth-order valence-electron chi connectivity index (χ4n) is 1.22. The van der Waals surface area contributed by atoms with Gasteiger partial charge in [-0.05, 0) is 19.3 Å². The topological polar surface area (TPSA) is 18.5 Å². The van der Waals surface area contributed by atoms with Crippen LogP contribution in [0, 0.1) is 0 Å². The van der Waals surface area contributed by atoms with E-state index in [0.717, 1.165) is 25.3 Å². The Kier molecular flexibility index (Phi) is 8.91. The van der Waals surface area contributed by atoms with E-state index in [1.165, 1.54) is 0 Å². The molecule has 0 N–H and O–H groups in total. The quantitative estimate of drug-likeness (QED) is 0.623. The van der Waals surface area contributed by atoms with Crippen LogP contribution in [0.5, 0.6) is 0 Å². The number of hydrogen-bond donors (Lipinski definition) is 0. The summed E-state index contributed by atoms with van der Waals surface area (Å²) in [5.74, 6) is 0.239. The molecule has 0 bridgehead atoms. The van der Waals surface area contributed by atoms with Crippen molar-refractivity contribution in [1.82, 2.24) is 0 Å². The Morgan fingerprint density at radius 3 is 2.60 bits per heavy atom. The molecule has 1 atom stereocenters.